The van der Waals surface area contributed by atoms with Crippen molar-refractivity contribution in [2.75, 3.05) is 19.6 Å². The Bertz CT molecular complexity index is 2380. The van der Waals surface area contributed by atoms with E-state index < -0.39 is 63.6 Å². The number of benzene rings is 2. The third kappa shape index (κ3) is 6.30. The Hall–Kier alpha value is -5.38. The van der Waals surface area contributed by atoms with Crippen LogP contribution < -0.4 is 14.9 Å². The van der Waals surface area contributed by atoms with Crippen LogP contribution in [0.1, 0.15) is 34.4 Å². The molecule has 4 heterocycles. The van der Waals surface area contributed by atoms with Crippen LogP contribution in [0.3, 0.4) is 0 Å². The van der Waals surface area contributed by atoms with Gasteiger partial charge in [0.05, 0.1) is 54.5 Å². The maximum Gasteiger partial charge on any atom is 0.417 e. The zero-order chi connectivity index (χ0) is 41.3. The fraction of sp³-hybridized carbons (Fsp3) is 0.293. The Labute approximate surface area is 343 Å². The van der Waals surface area contributed by atoms with Crippen LogP contribution in [-0.4, -0.2) is 57.8 Å². The number of thiophene rings is 1. The number of likely N-dealkylation sites (tertiary alicyclic amines) is 1. The summed E-state index contributed by atoms with van der Waals surface area (Å²) in [5.41, 5.74) is 1.33. The molecule has 2 saturated heterocycles. The fourth-order valence-electron chi connectivity index (χ4n) is 9.03. The number of amides is 4. The summed E-state index contributed by atoms with van der Waals surface area (Å²) in [4.78, 5) is 64.4. The van der Waals surface area contributed by atoms with Gasteiger partial charge in [0.15, 0.2) is 17.3 Å². The van der Waals surface area contributed by atoms with Crippen LogP contribution >= 0.6 is 34.5 Å². The number of imide groups is 2. The number of carbonyl (C=O) groups is 4. The Balaban J connectivity index is 1.29. The second-order valence-electron chi connectivity index (χ2n) is 14.4. The largest absolute Gasteiger partial charge is 0.502 e. The van der Waals surface area contributed by atoms with Crippen LogP contribution in [0.2, 0.25) is 10.0 Å². The number of hydrazine groups is 1. The van der Waals surface area contributed by atoms with Gasteiger partial charge in [-0.1, -0.05) is 65.2 Å². The molecule has 1 saturated carbocycles. The number of fused-ring (bicyclic) bond motifs is 4. The summed E-state index contributed by atoms with van der Waals surface area (Å²) < 4.78 is 51.3. The van der Waals surface area contributed by atoms with Gasteiger partial charge >= 0.3 is 6.18 Å². The Kier molecular flexibility index (Phi) is 10.0. The zero-order valence-corrected chi connectivity index (χ0v) is 33.0. The molecule has 0 spiro atoms. The van der Waals surface area contributed by atoms with E-state index >= 15 is 4.79 Å². The molecule has 17 heteroatoms. The number of methoxy groups -OCH3 is 2. The molecule has 6 atom stereocenters. The highest BCUT2D eigenvalue weighted by atomic mass is 35.5. The second-order valence-corrected chi connectivity index (χ2v) is 16.3. The van der Waals surface area contributed by atoms with Crippen molar-refractivity contribution in [2.24, 2.45) is 29.6 Å². The molecule has 6 unspecified atom stereocenters. The summed E-state index contributed by atoms with van der Waals surface area (Å²) in [5, 5.41) is 13.1. The molecule has 4 aromatic rings. The highest BCUT2D eigenvalue weighted by Gasteiger charge is 2.69. The number of nitrogens with zero attached hydrogens (tertiary/aromatic N) is 3. The summed E-state index contributed by atoms with van der Waals surface area (Å²) in [6, 6.07) is 13.9. The number of pyridine rings is 1. The number of ether oxygens (including phenoxy) is 2. The number of rotatable bonds is 9. The second kappa shape index (κ2) is 14.8. The molecule has 0 radical (unpaired) electrons. The first-order valence-electron chi connectivity index (χ1n) is 18.0. The predicted molar refractivity (Wildman–Crippen MR) is 208 cm³/mol. The van der Waals surface area contributed by atoms with Gasteiger partial charge in [-0.15, -0.1) is 11.3 Å². The molecule has 2 aromatic heterocycles. The van der Waals surface area contributed by atoms with Crippen LogP contribution in [0.15, 0.2) is 83.9 Å². The average Bonchev–Trinajstić information content (AvgIpc) is 3.86. The van der Waals surface area contributed by atoms with E-state index in [4.69, 9.17) is 32.7 Å². The van der Waals surface area contributed by atoms with Crippen LogP contribution in [0.5, 0.6) is 17.2 Å². The van der Waals surface area contributed by atoms with E-state index in [1.54, 1.807) is 48.6 Å². The zero-order valence-electron chi connectivity index (χ0n) is 30.6. The topological polar surface area (TPSA) is 138 Å². The number of halogens is 5. The third-order valence-electron chi connectivity index (χ3n) is 11.6. The van der Waals surface area contributed by atoms with Crippen molar-refractivity contribution in [1.82, 2.24) is 14.9 Å². The van der Waals surface area contributed by atoms with Gasteiger partial charge in [-0.3, -0.25) is 29.5 Å². The van der Waals surface area contributed by atoms with Crippen molar-refractivity contribution in [3.8, 4) is 17.2 Å². The van der Waals surface area contributed by atoms with E-state index in [1.165, 1.54) is 30.5 Å². The summed E-state index contributed by atoms with van der Waals surface area (Å²) in [5.74, 6) is -6.89. The average molecular weight is 854 g/mol. The number of nitrogens with one attached hydrogen (secondary N) is 1. The van der Waals surface area contributed by atoms with E-state index in [-0.39, 0.29) is 54.3 Å². The normalized spacial score (nSPS) is 25.5. The lowest BCUT2D eigenvalue weighted by molar-refractivity contribution is -0.142. The molecule has 0 bridgehead atoms. The maximum absolute atomic E-state index is 15.3. The number of carbonyl (C=O) groups excluding carboxylic acids is 4. The number of anilines is 1. The first-order valence-corrected chi connectivity index (χ1v) is 19.7. The molecule has 11 nitrogen and oxygen atoms in total. The van der Waals surface area contributed by atoms with Gasteiger partial charge in [0.2, 0.25) is 17.6 Å². The van der Waals surface area contributed by atoms with E-state index in [0.29, 0.717) is 34.0 Å². The molecule has 300 valence electrons. The number of hydrogen-bond acceptors (Lipinski definition) is 10. The van der Waals surface area contributed by atoms with Crippen LogP contribution in [0.25, 0.3) is 6.08 Å². The molecular weight excluding hydrogens is 820 g/mol. The van der Waals surface area contributed by atoms with Gasteiger partial charge in [0.25, 0.3) is 11.8 Å². The van der Waals surface area contributed by atoms with E-state index in [9.17, 15) is 32.7 Å². The number of hydrogen-bond donors (Lipinski definition) is 2. The smallest absolute Gasteiger partial charge is 0.417 e. The summed E-state index contributed by atoms with van der Waals surface area (Å²) >= 11 is 14.0. The molecule has 4 aliphatic rings. The van der Waals surface area contributed by atoms with Crippen molar-refractivity contribution in [2.45, 2.75) is 31.0 Å². The van der Waals surface area contributed by atoms with Crippen molar-refractivity contribution in [3.63, 3.8) is 0 Å². The van der Waals surface area contributed by atoms with E-state index in [0.717, 1.165) is 9.89 Å². The van der Waals surface area contributed by atoms with Crippen molar-refractivity contribution in [3.05, 3.63) is 116 Å². The minimum Gasteiger partial charge on any atom is -0.502 e. The molecular formula is C41H33Cl2F3N4O7S. The number of allylic oxidation sites excluding steroid dienone is 3. The molecule has 2 aliphatic carbocycles. The molecule has 8 rings (SSSR count). The monoisotopic (exact) mass is 852 g/mol. The molecule has 2 N–H and O–H groups in total. The molecule has 2 aliphatic heterocycles. The predicted octanol–water partition coefficient (Wildman–Crippen LogP) is 7.92. The number of alkyl halides is 3. The number of phenols is 1. The Morgan fingerprint density at radius 1 is 1.00 bits per heavy atom. The van der Waals surface area contributed by atoms with Crippen molar-refractivity contribution < 1.29 is 46.9 Å². The quantitative estimate of drug-likeness (QED) is 0.127. The van der Waals surface area contributed by atoms with Crippen LogP contribution in [0, 0.1) is 29.6 Å². The molecule has 4 amide bonds. The van der Waals surface area contributed by atoms with Gasteiger partial charge in [-0.25, -0.2) is 4.98 Å². The Morgan fingerprint density at radius 2 is 1.71 bits per heavy atom. The number of aromatic hydroxyl groups is 1. The highest BCUT2D eigenvalue weighted by Crippen LogP contribution is 2.62. The van der Waals surface area contributed by atoms with Gasteiger partial charge < -0.3 is 14.6 Å². The fourth-order valence-corrected chi connectivity index (χ4v) is 10.1. The number of aromatic nitrogens is 1. The standard InChI is InChI=1S/C41H33Cl2F3N4O7S/c1-56-31-14-20(15-32(57-2)34(31)51)5-12-28-25-10-11-26-33(38(54)49(36(26)52)19-24-4-3-13-58-24)27(25)17-29-37(53)50(39(55)40(28,29)21-6-8-23(42)9-7-21)48-35-30(43)16-22(18-47-35)41(44,45)46/h3-10,12-16,18,26-29,33,51H,11,17,19H2,1-2H3,(H,47,48). The Morgan fingerprint density at radius 3 is 2.33 bits per heavy atom. The number of phenolic OH excluding ortho intramolecular Hbond substituents is 1. The third-order valence-corrected chi connectivity index (χ3v) is 13.0. The lowest BCUT2D eigenvalue weighted by Gasteiger charge is -2.49. The van der Waals surface area contributed by atoms with Gasteiger partial charge in [-0.05, 0) is 71.7 Å². The van der Waals surface area contributed by atoms with Gasteiger partial charge in [0.1, 0.15) is 0 Å². The van der Waals surface area contributed by atoms with Gasteiger partial charge in [0, 0.05) is 22.0 Å². The minimum atomic E-state index is -4.76. The van der Waals surface area contributed by atoms with Crippen LogP contribution in [0.4, 0.5) is 19.0 Å². The van der Waals surface area contributed by atoms with Crippen molar-refractivity contribution in [1.29, 1.82) is 0 Å². The lowest BCUT2D eigenvalue weighted by atomic mass is 9.50. The van der Waals surface area contributed by atoms with E-state index in [2.05, 4.69) is 10.4 Å². The lowest BCUT2D eigenvalue weighted by Crippen LogP contribution is -2.54. The minimum absolute atomic E-state index is 0.0242. The summed E-state index contributed by atoms with van der Waals surface area (Å²) in [6.07, 6.45) is 1.27. The van der Waals surface area contributed by atoms with Crippen molar-refractivity contribution >= 4 is 70.1 Å². The highest BCUT2D eigenvalue weighted by molar-refractivity contribution is 7.09. The first-order chi connectivity index (χ1) is 27.7. The molecule has 2 aromatic carbocycles. The van der Waals surface area contributed by atoms with Crippen LogP contribution in [-0.2, 0) is 37.3 Å². The van der Waals surface area contributed by atoms with Gasteiger partial charge in [-0.2, -0.15) is 18.2 Å². The summed E-state index contributed by atoms with van der Waals surface area (Å²) in [7, 11) is 2.75. The SMILES string of the molecule is COc1cc(C=CC2C3=CCC4C(=O)N(Cc5cccs5)C(=O)C4C3CC3C(=O)N(Nc4ncc(C(F)(F)F)cc4Cl)C(=O)C23c2ccc(Cl)cc2)cc(OC)c1O. The summed E-state index contributed by atoms with van der Waals surface area (Å²) in [6.45, 7) is 0.104. The molecule has 58 heavy (non-hydrogen) atoms. The maximum atomic E-state index is 15.3. The molecule has 3 fully saturated rings. The van der Waals surface area contributed by atoms with E-state index in [1.807, 2.05) is 23.6 Å². The first kappa shape index (κ1) is 39.4.